The van der Waals surface area contributed by atoms with Crippen LogP contribution in [0.3, 0.4) is 0 Å². The Bertz CT molecular complexity index is 1140. The van der Waals surface area contributed by atoms with Gasteiger partial charge in [0.1, 0.15) is 18.4 Å². The molecular formula is C23H25F3N6O4. The Balaban J connectivity index is 1.93. The molecule has 1 aliphatic rings. The number of carbonyl (C=O) groups excluding carboxylic acids is 1. The van der Waals surface area contributed by atoms with Crippen molar-refractivity contribution in [3.63, 3.8) is 0 Å². The molecule has 3 N–H and O–H groups in total. The van der Waals surface area contributed by atoms with Crippen molar-refractivity contribution in [2.45, 2.75) is 37.6 Å². The van der Waals surface area contributed by atoms with E-state index in [0.717, 1.165) is 0 Å². The number of alkyl halides is 3. The molecule has 2 aromatic carbocycles. The van der Waals surface area contributed by atoms with Gasteiger partial charge in [-0.25, -0.2) is 10.4 Å². The van der Waals surface area contributed by atoms with E-state index >= 15 is 0 Å². The smallest absolute Gasteiger partial charge is 0.402 e. The van der Waals surface area contributed by atoms with Crippen LogP contribution in [-0.2, 0) is 16.0 Å². The summed E-state index contributed by atoms with van der Waals surface area (Å²) < 4.78 is 49.3. The molecule has 0 bridgehead atoms. The van der Waals surface area contributed by atoms with E-state index < -0.39 is 30.3 Å². The molecule has 0 aliphatic carbocycles. The quantitative estimate of drug-likeness (QED) is 0.140. The van der Waals surface area contributed by atoms with Crippen molar-refractivity contribution >= 4 is 17.5 Å². The topological polar surface area (TPSA) is 141 Å². The first-order valence-electron chi connectivity index (χ1n) is 11.0. The van der Waals surface area contributed by atoms with E-state index in [1.807, 2.05) is 5.43 Å². The number of rotatable bonds is 11. The third kappa shape index (κ3) is 6.66. The van der Waals surface area contributed by atoms with Crippen LogP contribution in [-0.4, -0.2) is 54.5 Å². The molecule has 36 heavy (non-hydrogen) atoms. The highest BCUT2D eigenvalue weighted by Gasteiger charge is 2.50. The second kappa shape index (κ2) is 11.8. The average molecular weight is 506 g/mol. The first-order valence-corrected chi connectivity index (χ1v) is 11.0. The van der Waals surface area contributed by atoms with E-state index in [1.54, 1.807) is 55.5 Å². The summed E-state index contributed by atoms with van der Waals surface area (Å²) >= 11 is 0. The Hall–Kier alpha value is -3.80. The first kappa shape index (κ1) is 26.8. The number of azide groups is 1. The summed E-state index contributed by atoms with van der Waals surface area (Å²) in [5.41, 5.74) is 12.5. The monoisotopic (exact) mass is 506 g/mol. The fourth-order valence-corrected chi connectivity index (χ4v) is 3.57. The van der Waals surface area contributed by atoms with Gasteiger partial charge in [-0.15, -0.1) is 0 Å². The Kier molecular flexibility index (Phi) is 8.75. The van der Waals surface area contributed by atoms with Gasteiger partial charge in [0.15, 0.2) is 5.54 Å². The van der Waals surface area contributed by atoms with Crippen molar-refractivity contribution in [1.82, 2.24) is 10.9 Å². The number of hydrogen-bond acceptors (Lipinski definition) is 7. The third-order valence-corrected chi connectivity index (χ3v) is 5.42. The molecule has 13 heteroatoms. The molecule has 3 rings (SSSR count). The second-order valence-corrected chi connectivity index (χ2v) is 7.97. The van der Waals surface area contributed by atoms with Crippen molar-refractivity contribution in [2.75, 3.05) is 19.8 Å². The number of hydrazine groups is 1. The summed E-state index contributed by atoms with van der Waals surface area (Å²) in [5, 5.41) is 12.5. The zero-order valence-electron chi connectivity index (χ0n) is 19.3. The summed E-state index contributed by atoms with van der Waals surface area (Å²) in [6.07, 6.45) is -5.04. The molecule has 1 heterocycles. The first-order chi connectivity index (χ1) is 17.2. The van der Waals surface area contributed by atoms with Gasteiger partial charge in [-0.2, -0.15) is 13.2 Å². The minimum Gasteiger partial charge on any atom is -0.494 e. The Morgan fingerprint density at radius 3 is 2.67 bits per heavy atom. The van der Waals surface area contributed by atoms with E-state index in [9.17, 15) is 18.0 Å². The number of aliphatic imine (C=N–C) groups is 1. The number of aliphatic hydroxyl groups is 1. The molecular weight excluding hydrogens is 481 g/mol. The molecule has 1 aliphatic heterocycles. The number of ether oxygens (including phenoxy) is 2. The molecule has 2 aromatic rings. The highest BCUT2D eigenvalue weighted by atomic mass is 19.4. The molecule has 10 nitrogen and oxygen atoms in total. The molecule has 0 aromatic heterocycles. The lowest BCUT2D eigenvalue weighted by molar-refractivity contribution is -0.136. The van der Waals surface area contributed by atoms with Gasteiger partial charge in [0.2, 0.25) is 5.90 Å². The predicted molar refractivity (Wildman–Crippen MR) is 125 cm³/mol. The molecule has 0 saturated carbocycles. The minimum atomic E-state index is -4.54. The molecule has 0 saturated heterocycles. The Morgan fingerprint density at radius 2 is 2.00 bits per heavy atom. The number of hydrogen-bond donors (Lipinski definition) is 3. The van der Waals surface area contributed by atoms with Crippen LogP contribution in [0.25, 0.3) is 10.4 Å². The molecule has 1 amide bonds. The van der Waals surface area contributed by atoms with Crippen LogP contribution in [0, 0.1) is 0 Å². The summed E-state index contributed by atoms with van der Waals surface area (Å²) in [5.74, 6) is -0.159. The van der Waals surface area contributed by atoms with Gasteiger partial charge in [-0.3, -0.25) is 10.2 Å². The highest BCUT2D eigenvalue weighted by molar-refractivity contribution is 6.00. The summed E-state index contributed by atoms with van der Waals surface area (Å²) in [6, 6.07) is 13.2. The Morgan fingerprint density at radius 1 is 1.28 bits per heavy atom. The largest absolute Gasteiger partial charge is 0.494 e. The van der Waals surface area contributed by atoms with E-state index in [0.29, 0.717) is 29.9 Å². The molecule has 0 unspecified atom stereocenters. The fraction of sp³-hybridized carbons (Fsp3) is 0.391. The zero-order chi connectivity index (χ0) is 26.2. The highest BCUT2D eigenvalue weighted by Crippen LogP contribution is 2.35. The van der Waals surface area contributed by atoms with E-state index in [-0.39, 0.29) is 24.6 Å². The van der Waals surface area contributed by atoms with Crippen LogP contribution in [0.5, 0.6) is 5.75 Å². The van der Waals surface area contributed by atoms with Crippen molar-refractivity contribution in [3.05, 3.63) is 70.1 Å². The SMILES string of the molecule is C[C@@H]1OC(c2ccc(OCCCO)cc2)=N[C@]1(Cc1ccccc1N=[N+]=[N-])C(=O)NNCC(F)(F)F. The lowest BCUT2D eigenvalue weighted by atomic mass is 9.85. The van der Waals surface area contributed by atoms with Crippen molar-refractivity contribution < 1.29 is 32.5 Å². The third-order valence-electron chi connectivity index (χ3n) is 5.42. The zero-order valence-corrected chi connectivity index (χ0v) is 19.3. The van der Waals surface area contributed by atoms with Crippen LogP contribution in [0.4, 0.5) is 18.9 Å². The minimum absolute atomic E-state index is 0.00536. The van der Waals surface area contributed by atoms with Gasteiger partial charge >= 0.3 is 6.18 Å². The maximum absolute atomic E-state index is 13.2. The Labute approximate surface area is 204 Å². The van der Waals surface area contributed by atoms with Gasteiger partial charge in [-0.05, 0) is 42.3 Å². The van der Waals surface area contributed by atoms with Gasteiger partial charge in [0.05, 0.1) is 6.61 Å². The lowest BCUT2D eigenvalue weighted by Gasteiger charge is -2.28. The molecule has 0 spiro atoms. The number of nitrogens with one attached hydrogen (secondary N) is 2. The van der Waals surface area contributed by atoms with Crippen LogP contribution in [0.2, 0.25) is 0 Å². The summed E-state index contributed by atoms with van der Waals surface area (Å²) in [4.78, 5) is 20.6. The predicted octanol–water partition coefficient (Wildman–Crippen LogP) is 3.72. The maximum Gasteiger partial charge on any atom is 0.402 e. The summed E-state index contributed by atoms with van der Waals surface area (Å²) in [7, 11) is 0. The number of aliphatic hydroxyl groups excluding tert-OH is 1. The maximum atomic E-state index is 13.2. The molecule has 2 atom stereocenters. The molecule has 0 radical (unpaired) electrons. The lowest BCUT2D eigenvalue weighted by Crippen LogP contribution is -2.57. The second-order valence-electron chi connectivity index (χ2n) is 7.97. The number of amides is 1. The van der Waals surface area contributed by atoms with Crippen LogP contribution in [0.15, 0.2) is 58.6 Å². The van der Waals surface area contributed by atoms with E-state index in [2.05, 4.69) is 20.4 Å². The molecule has 192 valence electrons. The van der Waals surface area contributed by atoms with Crippen molar-refractivity contribution in [2.24, 2.45) is 10.1 Å². The standard InChI is InChI=1S/C23H25F3N6O4/c1-15-22(21(34)31-28-14-23(24,25)26,13-17-5-2-3-6-19(17)30-32-27)29-20(36-15)16-7-9-18(10-8-16)35-12-4-11-33/h2-3,5-10,15,28,33H,4,11-14H2,1H3,(H,31,34)/t15-,22-/m0/s1. The number of carbonyl (C=O) groups is 1. The van der Waals surface area contributed by atoms with Crippen LogP contribution in [0.1, 0.15) is 24.5 Å². The van der Waals surface area contributed by atoms with Crippen molar-refractivity contribution in [3.8, 4) is 5.75 Å². The fourth-order valence-electron chi connectivity index (χ4n) is 3.57. The van der Waals surface area contributed by atoms with Gasteiger partial charge in [0.25, 0.3) is 5.91 Å². The number of halogens is 3. The van der Waals surface area contributed by atoms with Crippen molar-refractivity contribution in [1.29, 1.82) is 0 Å². The summed E-state index contributed by atoms with van der Waals surface area (Å²) in [6.45, 7) is 0.491. The van der Waals surface area contributed by atoms with E-state index in [4.69, 9.17) is 20.1 Å². The number of nitrogens with zero attached hydrogens (tertiary/aromatic N) is 4. The molecule has 0 fully saturated rings. The normalized spacial score (nSPS) is 19.1. The van der Waals surface area contributed by atoms with Gasteiger partial charge in [0, 0.05) is 35.6 Å². The van der Waals surface area contributed by atoms with E-state index in [1.165, 1.54) is 0 Å². The van der Waals surface area contributed by atoms with Crippen LogP contribution < -0.4 is 15.6 Å². The van der Waals surface area contributed by atoms with Gasteiger partial charge < -0.3 is 14.6 Å². The van der Waals surface area contributed by atoms with Crippen LogP contribution >= 0.6 is 0 Å². The average Bonchev–Trinajstić information content (AvgIpc) is 3.17. The van der Waals surface area contributed by atoms with Gasteiger partial charge in [-0.1, -0.05) is 29.4 Å². The number of benzene rings is 2.